The molecule has 1 aliphatic heterocycles. The zero-order valence-electron chi connectivity index (χ0n) is 14.0. The molecule has 1 fully saturated rings. The van der Waals surface area contributed by atoms with E-state index in [0.717, 1.165) is 23.8 Å². The molecule has 1 N–H and O–H groups in total. The van der Waals surface area contributed by atoms with Gasteiger partial charge in [-0.1, -0.05) is 6.92 Å². The fourth-order valence-corrected chi connectivity index (χ4v) is 3.41. The fourth-order valence-electron chi connectivity index (χ4n) is 2.59. The highest BCUT2D eigenvalue weighted by Crippen LogP contribution is 2.20. The number of hydrogen-bond donors (Lipinski definition) is 1. The molecular formula is C17H22N4O2S. The van der Waals surface area contributed by atoms with Gasteiger partial charge in [-0.3, -0.25) is 9.78 Å². The zero-order valence-corrected chi connectivity index (χ0v) is 14.8. The number of morpholine rings is 1. The van der Waals surface area contributed by atoms with Gasteiger partial charge in [0.05, 0.1) is 18.2 Å². The van der Waals surface area contributed by atoms with E-state index in [1.807, 2.05) is 25.3 Å². The van der Waals surface area contributed by atoms with E-state index < -0.39 is 0 Å². The molecule has 1 saturated heterocycles. The van der Waals surface area contributed by atoms with Crippen molar-refractivity contribution in [3.63, 3.8) is 0 Å². The number of pyridine rings is 1. The highest BCUT2D eigenvalue weighted by Gasteiger charge is 2.16. The molecule has 128 valence electrons. The number of nitrogens with one attached hydrogen (secondary N) is 1. The predicted octanol–water partition coefficient (Wildman–Crippen LogP) is 2.22. The Balaban J connectivity index is 1.60. The molecule has 24 heavy (non-hydrogen) atoms. The minimum absolute atomic E-state index is 0.148. The van der Waals surface area contributed by atoms with Gasteiger partial charge < -0.3 is 15.0 Å². The van der Waals surface area contributed by atoms with Crippen LogP contribution in [0.4, 0.5) is 5.69 Å². The van der Waals surface area contributed by atoms with Crippen LogP contribution < -0.4 is 10.2 Å². The van der Waals surface area contributed by atoms with Gasteiger partial charge in [0.1, 0.15) is 5.69 Å². The van der Waals surface area contributed by atoms with Crippen molar-refractivity contribution in [2.24, 2.45) is 0 Å². The first-order chi connectivity index (χ1) is 11.6. The molecule has 1 unspecified atom stereocenters. The van der Waals surface area contributed by atoms with E-state index in [4.69, 9.17) is 4.74 Å². The maximum atomic E-state index is 12.4. The number of anilines is 1. The highest BCUT2D eigenvalue weighted by atomic mass is 32.1. The Labute approximate surface area is 145 Å². The summed E-state index contributed by atoms with van der Waals surface area (Å²) in [7, 11) is 0. The Morgan fingerprint density at radius 3 is 2.92 bits per heavy atom. The van der Waals surface area contributed by atoms with E-state index >= 15 is 0 Å². The number of amides is 1. The average molecular weight is 346 g/mol. The van der Waals surface area contributed by atoms with Crippen LogP contribution in [0.2, 0.25) is 0 Å². The summed E-state index contributed by atoms with van der Waals surface area (Å²) in [6.07, 6.45) is 3.55. The lowest BCUT2D eigenvalue weighted by molar-refractivity contribution is 0.0946. The molecule has 0 spiro atoms. The van der Waals surface area contributed by atoms with Crippen LogP contribution in [-0.2, 0) is 4.74 Å². The first-order valence-corrected chi connectivity index (χ1v) is 8.94. The van der Waals surface area contributed by atoms with E-state index in [1.165, 1.54) is 4.88 Å². The normalized spacial score (nSPS) is 16.0. The van der Waals surface area contributed by atoms with Crippen LogP contribution in [0.5, 0.6) is 0 Å². The third kappa shape index (κ3) is 4.10. The standard InChI is InChI=1S/C17H22N4O2S/c1-12(17-20-11-13(2)24-17)10-19-16(22)15-9-14(3-4-18-15)21-5-7-23-8-6-21/h3-4,9,11-12H,5-8,10H2,1-2H3,(H,19,22). The van der Waals surface area contributed by atoms with E-state index in [9.17, 15) is 4.79 Å². The zero-order chi connectivity index (χ0) is 16.9. The lowest BCUT2D eigenvalue weighted by Gasteiger charge is -2.28. The van der Waals surface area contributed by atoms with Crippen LogP contribution in [0.25, 0.3) is 0 Å². The van der Waals surface area contributed by atoms with Crippen LogP contribution in [0.1, 0.15) is 33.2 Å². The van der Waals surface area contributed by atoms with Crippen molar-refractivity contribution in [1.82, 2.24) is 15.3 Å². The Hall–Kier alpha value is -1.99. The second-order valence-corrected chi connectivity index (χ2v) is 7.19. The SMILES string of the molecule is Cc1cnc(C(C)CNC(=O)c2cc(N3CCOCC3)ccn2)s1. The largest absolute Gasteiger partial charge is 0.378 e. The van der Waals surface area contributed by atoms with Crippen molar-refractivity contribution >= 4 is 22.9 Å². The minimum atomic E-state index is -0.148. The Kier molecular flexibility index (Phi) is 5.42. The Morgan fingerprint density at radius 1 is 1.42 bits per heavy atom. The van der Waals surface area contributed by atoms with Crippen LogP contribution in [0, 0.1) is 6.92 Å². The van der Waals surface area contributed by atoms with Gasteiger partial charge >= 0.3 is 0 Å². The first kappa shape index (κ1) is 16.9. The van der Waals surface area contributed by atoms with Crippen LogP contribution in [0.3, 0.4) is 0 Å². The molecule has 0 aliphatic carbocycles. The molecule has 2 aromatic heterocycles. The van der Waals surface area contributed by atoms with Crippen LogP contribution in [0.15, 0.2) is 24.5 Å². The number of aromatic nitrogens is 2. The first-order valence-electron chi connectivity index (χ1n) is 8.13. The van der Waals surface area contributed by atoms with Gasteiger partial charge in [0.15, 0.2) is 0 Å². The number of ether oxygens (including phenoxy) is 1. The van der Waals surface area contributed by atoms with Gasteiger partial charge in [-0.2, -0.15) is 0 Å². The topological polar surface area (TPSA) is 67.4 Å². The summed E-state index contributed by atoms with van der Waals surface area (Å²) in [5.74, 6) is 0.0420. The van der Waals surface area contributed by atoms with Crippen molar-refractivity contribution < 1.29 is 9.53 Å². The molecule has 7 heteroatoms. The molecule has 1 aliphatic rings. The summed E-state index contributed by atoms with van der Waals surface area (Å²) in [4.78, 5) is 24.4. The lowest BCUT2D eigenvalue weighted by Crippen LogP contribution is -2.36. The molecule has 1 atom stereocenters. The number of nitrogens with zero attached hydrogens (tertiary/aromatic N) is 3. The second-order valence-electron chi connectivity index (χ2n) is 5.92. The molecule has 0 radical (unpaired) electrons. The third-order valence-corrected chi connectivity index (χ3v) is 5.13. The summed E-state index contributed by atoms with van der Waals surface area (Å²) in [6, 6.07) is 3.78. The van der Waals surface area contributed by atoms with Crippen molar-refractivity contribution in [3.05, 3.63) is 40.1 Å². The predicted molar refractivity (Wildman–Crippen MR) is 94.9 cm³/mol. The van der Waals surface area contributed by atoms with Gasteiger partial charge in [0.25, 0.3) is 5.91 Å². The Morgan fingerprint density at radius 2 is 2.21 bits per heavy atom. The van der Waals surface area contributed by atoms with Crippen molar-refractivity contribution in [2.75, 3.05) is 37.7 Å². The number of carbonyl (C=O) groups excluding carboxylic acids is 1. The van der Waals surface area contributed by atoms with Crippen molar-refractivity contribution in [1.29, 1.82) is 0 Å². The number of thiazole rings is 1. The Bertz CT molecular complexity index is 697. The molecule has 2 aromatic rings. The summed E-state index contributed by atoms with van der Waals surface area (Å²) in [6.45, 7) is 7.76. The van der Waals surface area contributed by atoms with Gasteiger partial charge in [0, 0.05) is 48.5 Å². The van der Waals surface area contributed by atoms with E-state index in [-0.39, 0.29) is 11.8 Å². The number of carbonyl (C=O) groups is 1. The molecule has 0 bridgehead atoms. The maximum absolute atomic E-state index is 12.4. The van der Waals surface area contributed by atoms with Crippen LogP contribution >= 0.6 is 11.3 Å². The molecule has 0 saturated carbocycles. The van der Waals surface area contributed by atoms with Gasteiger partial charge in [-0.05, 0) is 19.1 Å². The summed E-state index contributed by atoms with van der Waals surface area (Å²) < 4.78 is 5.37. The third-order valence-electron chi connectivity index (χ3n) is 3.98. The van der Waals surface area contributed by atoms with E-state index in [1.54, 1.807) is 17.5 Å². The highest BCUT2D eigenvalue weighted by molar-refractivity contribution is 7.11. The molecule has 1 amide bonds. The van der Waals surface area contributed by atoms with E-state index in [0.29, 0.717) is 25.5 Å². The fraction of sp³-hybridized carbons (Fsp3) is 0.471. The smallest absolute Gasteiger partial charge is 0.269 e. The number of aryl methyl sites for hydroxylation is 1. The van der Waals surface area contributed by atoms with Gasteiger partial charge in [0.2, 0.25) is 0 Å². The van der Waals surface area contributed by atoms with Gasteiger partial charge in [-0.25, -0.2) is 4.98 Å². The molecule has 0 aromatic carbocycles. The van der Waals surface area contributed by atoms with Crippen LogP contribution in [-0.4, -0.2) is 48.7 Å². The lowest BCUT2D eigenvalue weighted by atomic mass is 10.2. The molecule has 6 nitrogen and oxygen atoms in total. The molecule has 3 rings (SSSR count). The number of rotatable bonds is 5. The quantitative estimate of drug-likeness (QED) is 0.899. The second kappa shape index (κ2) is 7.72. The van der Waals surface area contributed by atoms with Crippen molar-refractivity contribution in [3.8, 4) is 0 Å². The maximum Gasteiger partial charge on any atom is 0.269 e. The summed E-state index contributed by atoms with van der Waals surface area (Å²) >= 11 is 1.67. The molecule has 3 heterocycles. The average Bonchev–Trinajstić information content (AvgIpc) is 3.07. The molecular weight excluding hydrogens is 324 g/mol. The number of hydrogen-bond acceptors (Lipinski definition) is 6. The van der Waals surface area contributed by atoms with E-state index in [2.05, 4.69) is 27.1 Å². The van der Waals surface area contributed by atoms with Gasteiger partial charge in [-0.15, -0.1) is 11.3 Å². The monoisotopic (exact) mass is 346 g/mol. The summed E-state index contributed by atoms with van der Waals surface area (Å²) in [5.41, 5.74) is 1.46. The summed E-state index contributed by atoms with van der Waals surface area (Å²) in [5, 5.41) is 4.00. The van der Waals surface area contributed by atoms with Crippen molar-refractivity contribution in [2.45, 2.75) is 19.8 Å². The minimum Gasteiger partial charge on any atom is -0.378 e.